The standard InChI is InChI=1S/C22H26ClN3O2/c1-15-5-3-4-6-20(15)25-22(28)24-18-11-13-19(14-12-18)26(2)21(27)16-7-9-17(23)10-8-16/h7-15,20H,3-6H2,1-2H3,(H2,24,25,28). The van der Waals surface area contributed by atoms with Crippen molar-refractivity contribution >= 4 is 34.9 Å². The summed E-state index contributed by atoms with van der Waals surface area (Å²) < 4.78 is 0. The highest BCUT2D eigenvalue weighted by Gasteiger charge is 2.22. The fourth-order valence-electron chi connectivity index (χ4n) is 3.54. The Bertz CT molecular complexity index is 821. The summed E-state index contributed by atoms with van der Waals surface area (Å²) in [4.78, 5) is 26.4. The molecule has 2 unspecified atom stereocenters. The fourth-order valence-corrected chi connectivity index (χ4v) is 3.66. The smallest absolute Gasteiger partial charge is 0.319 e. The van der Waals surface area contributed by atoms with Gasteiger partial charge in [0.2, 0.25) is 0 Å². The zero-order chi connectivity index (χ0) is 20.1. The van der Waals surface area contributed by atoms with Crippen molar-refractivity contribution in [3.8, 4) is 0 Å². The Kier molecular flexibility index (Phi) is 6.57. The van der Waals surface area contributed by atoms with Crippen molar-refractivity contribution in [3.63, 3.8) is 0 Å². The van der Waals surface area contributed by atoms with Gasteiger partial charge in [0.25, 0.3) is 5.91 Å². The van der Waals surface area contributed by atoms with Crippen LogP contribution in [0, 0.1) is 5.92 Å². The molecular formula is C22H26ClN3O2. The molecular weight excluding hydrogens is 374 g/mol. The number of anilines is 2. The minimum atomic E-state index is -0.183. The number of rotatable bonds is 4. The van der Waals surface area contributed by atoms with Crippen LogP contribution in [0.2, 0.25) is 5.02 Å². The van der Waals surface area contributed by atoms with Crippen molar-refractivity contribution in [3.05, 3.63) is 59.1 Å². The molecule has 3 amide bonds. The molecule has 2 atom stereocenters. The molecule has 0 heterocycles. The molecule has 0 aromatic heterocycles. The van der Waals surface area contributed by atoms with E-state index in [1.807, 2.05) is 12.1 Å². The molecule has 2 N–H and O–H groups in total. The van der Waals surface area contributed by atoms with E-state index in [1.165, 1.54) is 6.42 Å². The summed E-state index contributed by atoms with van der Waals surface area (Å²) >= 11 is 5.88. The van der Waals surface area contributed by atoms with Crippen LogP contribution in [0.4, 0.5) is 16.2 Å². The van der Waals surface area contributed by atoms with E-state index in [2.05, 4.69) is 17.6 Å². The van der Waals surface area contributed by atoms with Gasteiger partial charge >= 0.3 is 6.03 Å². The van der Waals surface area contributed by atoms with Crippen LogP contribution < -0.4 is 15.5 Å². The van der Waals surface area contributed by atoms with Crippen LogP contribution in [0.1, 0.15) is 43.0 Å². The summed E-state index contributed by atoms with van der Waals surface area (Å²) in [5, 5.41) is 6.54. The van der Waals surface area contributed by atoms with Gasteiger partial charge in [0.05, 0.1) is 0 Å². The highest BCUT2D eigenvalue weighted by molar-refractivity contribution is 6.30. The molecule has 3 rings (SSSR count). The van der Waals surface area contributed by atoms with Gasteiger partial charge in [0.15, 0.2) is 0 Å². The minimum Gasteiger partial charge on any atom is -0.335 e. The first-order valence-corrected chi connectivity index (χ1v) is 10.0. The summed E-state index contributed by atoms with van der Waals surface area (Å²) in [5.41, 5.74) is 2.00. The Morgan fingerprint density at radius 3 is 2.29 bits per heavy atom. The first-order valence-electron chi connectivity index (χ1n) is 9.65. The van der Waals surface area contributed by atoms with Gasteiger partial charge in [0.1, 0.15) is 0 Å². The van der Waals surface area contributed by atoms with Gasteiger partial charge in [-0.2, -0.15) is 0 Å². The lowest BCUT2D eigenvalue weighted by Gasteiger charge is -2.29. The average Bonchev–Trinajstić information content (AvgIpc) is 2.70. The van der Waals surface area contributed by atoms with Gasteiger partial charge in [-0.1, -0.05) is 31.4 Å². The predicted octanol–water partition coefficient (Wildman–Crippen LogP) is 5.32. The Morgan fingerprint density at radius 2 is 1.64 bits per heavy atom. The molecule has 0 radical (unpaired) electrons. The van der Waals surface area contributed by atoms with E-state index in [-0.39, 0.29) is 18.0 Å². The first-order chi connectivity index (χ1) is 13.4. The number of halogens is 1. The Morgan fingerprint density at radius 1 is 1.00 bits per heavy atom. The van der Waals surface area contributed by atoms with Gasteiger partial charge in [-0.15, -0.1) is 0 Å². The molecule has 28 heavy (non-hydrogen) atoms. The Hall–Kier alpha value is -2.53. The number of carbonyl (C=O) groups excluding carboxylic acids is 2. The third kappa shape index (κ3) is 5.04. The van der Waals surface area contributed by atoms with Crippen LogP contribution in [0.3, 0.4) is 0 Å². The Labute approximate surface area is 171 Å². The summed E-state index contributed by atoms with van der Waals surface area (Å²) in [5.74, 6) is 0.385. The number of nitrogens with one attached hydrogen (secondary N) is 2. The molecule has 0 spiro atoms. The Balaban J connectivity index is 1.58. The van der Waals surface area contributed by atoms with E-state index < -0.39 is 0 Å². The van der Waals surface area contributed by atoms with Crippen molar-refractivity contribution < 1.29 is 9.59 Å². The van der Waals surface area contributed by atoms with E-state index in [1.54, 1.807) is 48.3 Å². The van der Waals surface area contributed by atoms with E-state index >= 15 is 0 Å². The molecule has 0 bridgehead atoms. The number of nitrogens with zero attached hydrogens (tertiary/aromatic N) is 1. The third-order valence-electron chi connectivity index (χ3n) is 5.34. The van der Waals surface area contributed by atoms with Crippen LogP contribution in [0.25, 0.3) is 0 Å². The number of urea groups is 1. The first kappa shape index (κ1) is 20.2. The topological polar surface area (TPSA) is 61.4 Å². The molecule has 1 saturated carbocycles. The molecule has 2 aromatic carbocycles. The normalized spacial score (nSPS) is 19.0. The molecule has 0 aliphatic heterocycles. The lowest BCUT2D eigenvalue weighted by atomic mass is 9.86. The largest absolute Gasteiger partial charge is 0.335 e. The zero-order valence-corrected chi connectivity index (χ0v) is 17.0. The lowest BCUT2D eigenvalue weighted by Crippen LogP contribution is -2.43. The van der Waals surface area contributed by atoms with E-state index in [0.717, 1.165) is 24.9 Å². The van der Waals surface area contributed by atoms with Crippen LogP contribution in [0.5, 0.6) is 0 Å². The summed E-state index contributed by atoms with van der Waals surface area (Å²) in [6.07, 6.45) is 4.60. The highest BCUT2D eigenvalue weighted by Crippen LogP contribution is 2.24. The van der Waals surface area contributed by atoms with Crippen molar-refractivity contribution in [2.75, 3.05) is 17.3 Å². The summed E-state index contributed by atoms with van der Waals surface area (Å²) in [6, 6.07) is 14.1. The highest BCUT2D eigenvalue weighted by atomic mass is 35.5. The quantitative estimate of drug-likeness (QED) is 0.731. The van der Waals surface area contributed by atoms with E-state index in [4.69, 9.17) is 11.6 Å². The predicted molar refractivity (Wildman–Crippen MR) is 114 cm³/mol. The second-order valence-corrected chi connectivity index (χ2v) is 7.82. The van der Waals surface area contributed by atoms with Gasteiger partial charge < -0.3 is 15.5 Å². The maximum atomic E-state index is 12.6. The fraction of sp³-hybridized carbons (Fsp3) is 0.364. The number of hydrogen-bond donors (Lipinski definition) is 2. The van der Waals surface area contributed by atoms with E-state index in [9.17, 15) is 9.59 Å². The van der Waals surface area contributed by atoms with Crippen LogP contribution in [-0.2, 0) is 0 Å². The van der Waals surface area contributed by atoms with Crippen LogP contribution >= 0.6 is 11.6 Å². The minimum absolute atomic E-state index is 0.124. The number of carbonyl (C=O) groups is 2. The number of amides is 3. The van der Waals surface area contributed by atoms with Gasteiger partial charge in [0, 0.05) is 35.1 Å². The van der Waals surface area contributed by atoms with Crippen LogP contribution in [0.15, 0.2) is 48.5 Å². The lowest BCUT2D eigenvalue weighted by molar-refractivity contribution is 0.0993. The monoisotopic (exact) mass is 399 g/mol. The number of hydrogen-bond acceptors (Lipinski definition) is 2. The SMILES string of the molecule is CC1CCCCC1NC(=O)Nc1ccc(N(C)C(=O)c2ccc(Cl)cc2)cc1. The molecule has 6 heteroatoms. The second kappa shape index (κ2) is 9.11. The third-order valence-corrected chi connectivity index (χ3v) is 5.59. The van der Waals surface area contributed by atoms with Crippen molar-refractivity contribution in [2.24, 2.45) is 5.92 Å². The summed E-state index contributed by atoms with van der Waals surface area (Å²) in [7, 11) is 1.72. The molecule has 0 saturated heterocycles. The zero-order valence-electron chi connectivity index (χ0n) is 16.2. The molecule has 1 fully saturated rings. The molecule has 5 nitrogen and oxygen atoms in total. The maximum Gasteiger partial charge on any atom is 0.319 e. The number of benzene rings is 2. The summed E-state index contributed by atoms with van der Waals surface area (Å²) in [6.45, 7) is 2.19. The van der Waals surface area contributed by atoms with Crippen molar-refractivity contribution in [1.82, 2.24) is 5.32 Å². The molecule has 1 aliphatic carbocycles. The van der Waals surface area contributed by atoms with Crippen LogP contribution in [-0.4, -0.2) is 25.0 Å². The van der Waals surface area contributed by atoms with Gasteiger partial charge in [-0.3, -0.25) is 4.79 Å². The average molecular weight is 400 g/mol. The van der Waals surface area contributed by atoms with E-state index in [0.29, 0.717) is 22.2 Å². The molecule has 2 aromatic rings. The van der Waals surface area contributed by atoms with Gasteiger partial charge in [-0.05, 0) is 67.3 Å². The maximum absolute atomic E-state index is 12.6. The second-order valence-electron chi connectivity index (χ2n) is 7.38. The van der Waals surface area contributed by atoms with Gasteiger partial charge in [-0.25, -0.2) is 4.79 Å². The molecule has 148 valence electrons. The van der Waals surface area contributed by atoms with Crippen molar-refractivity contribution in [1.29, 1.82) is 0 Å². The molecule has 1 aliphatic rings. The van der Waals surface area contributed by atoms with Crippen molar-refractivity contribution in [2.45, 2.75) is 38.6 Å².